The number of nitrogens with one attached hydrogen (secondary N) is 1. The van der Waals surface area contributed by atoms with Gasteiger partial charge in [-0.1, -0.05) is 37.3 Å². The maximum Gasteiger partial charge on any atom is 0.242 e. The van der Waals surface area contributed by atoms with Crippen molar-refractivity contribution in [2.24, 2.45) is 0 Å². The Morgan fingerprint density at radius 1 is 1.14 bits per heavy atom. The highest BCUT2D eigenvalue weighted by molar-refractivity contribution is 5.66. The average Bonchev–Trinajstić information content (AvgIpc) is 2.48. The summed E-state index contributed by atoms with van der Waals surface area (Å²) in [7, 11) is 0. The monoisotopic (exact) mass is 286 g/mol. The maximum absolute atomic E-state index is 6.04. The van der Waals surface area contributed by atoms with Gasteiger partial charge in [0.2, 0.25) is 5.88 Å². The van der Waals surface area contributed by atoms with Crippen molar-refractivity contribution in [1.82, 2.24) is 9.97 Å². The second-order valence-corrected chi connectivity index (χ2v) is 5.30. The smallest absolute Gasteiger partial charge is 0.242 e. The molecule has 2 aromatic rings. The van der Waals surface area contributed by atoms with Gasteiger partial charge in [0.1, 0.15) is 12.0 Å². The van der Waals surface area contributed by atoms with E-state index in [1.54, 1.807) is 0 Å². The van der Waals surface area contributed by atoms with Gasteiger partial charge in [0, 0.05) is 6.54 Å². The van der Waals surface area contributed by atoms with Crippen LogP contribution in [0.15, 0.2) is 36.7 Å². The van der Waals surface area contributed by atoms with E-state index in [1.165, 1.54) is 11.9 Å². The summed E-state index contributed by atoms with van der Waals surface area (Å²) in [5, 5.41) is 3.27. The highest BCUT2D eigenvalue weighted by atomic mass is 16.5. The van der Waals surface area contributed by atoms with Crippen LogP contribution in [0.3, 0.4) is 0 Å². The van der Waals surface area contributed by atoms with Gasteiger partial charge < -0.3 is 15.8 Å². The molecule has 5 nitrogen and oxygen atoms in total. The first-order valence-corrected chi connectivity index (χ1v) is 7.14. The summed E-state index contributed by atoms with van der Waals surface area (Å²) >= 11 is 0. The normalized spacial score (nSPS) is 12.2. The first kappa shape index (κ1) is 15.1. The van der Waals surface area contributed by atoms with Crippen LogP contribution >= 0.6 is 0 Å². The lowest BCUT2D eigenvalue weighted by Crippen LogP contribution is -2.14. The Hall–Kier alpha value is -2.30. The van der Waals surface area contributed by atoms with Gasteiger partial charge in [-0.2, -0.15) is 4.98 Å². The van der Waals surface area contributed by atoms with Gasteiger partial charge in [-0.15, -0.1) is 0 Å². The molecular formula is C16H22N4O. The molecule has 1 aromatic heterocycles. The van der Waals surface area contributed by atoms with Crippen LogP contribution in [0.5, 0.6) is 5.88 Å². The summed E-state index contributed by atoms with van der Waals surface area (Å²) < 4.78 is 5.56. The lowest BCUT2D eigenvalue weighted by molar-refractivity contribution is 0.234. The van der Waals surface area contributed by atoms with E-state index in [2.05, 4.69) is 34.3 Å². The van der Waals surface area contributed by atoms with Crippen molar-refractivity contribution < 1.29 is 4.74 Å². The van der Waals surface area contributed by atoms with Crippen LogP contribution in [-0.4, -0.2) is 22.6 Å². The fourth-order valence-corrected chi connectivity index (χ4v) is 1.99. The molecule has 0 spiro atoms. The maximum atomic E-state index is 6.04. The average molecular weight is 286 g/mol. The molecule has 0 amide bonds. The standard InChI is InChI=1S/C16H22N4O/c1-11(2)21-16-14(17)15(19-10-20-16)18-9-12(3)13-7-5-4-6-8-13/h4-8,10-12H,9,17H2,1-3H3,(H,18,19,20). The predicted octanol–water partition coefficient (Wildman–Crippen LogP) is 3.06. The summed E-state index contributed by atoms with van der Waals surface area (Å²) in [4.78, 5) is 8.25. The van der Waals surface area contributed by atoms with Crippen molar-refractivity contribution in [3.8, 4) is 5.88 Å². The molecule has 3 N–H and O–H groups in total. The molecule has 112 valence electrons. The molecule has 0 bridgehead atoms. The van der Waals surface area contributed by atoms with Crippen LogP contribution < -0.4 is 15.8 Å². The van der Waals surface area contributed by atoms with Gasteiger partial charge in [0.15, 0.2) is 5.82 Å². The number of nitrogens with two attached hydrogens (primary N) is 1. The molecule has 21 heavy (non-hydrogen) atoms. The van der Waals surface area contributed by atoms with Crippen molar-refractivity contribution in [3.63, 3.8) is 0 Å². The molecule has 0 aliphatic carbocycles. The van der Waals surface area contributed by atoms with Gasteiger partial charge in [0.25, 0.3) is 0 Å². The molecule has 1 heterocycles. The summed E-state index contributed by atoms with van der Waals surface area (Å²) in [6.07, 6.45) is 1.49. The number of hydrogen-bond donors (Lipinski definition) is 2. The predicted molar refractivity (Wildman–Crippen MR) is 85.6 cm³/mol. The molecule has 0 aliphatic rings. The Morgan fingerprint density at radius 3 is 2.52 bits per heavy atom. The van der Waals surface area contributed by atoms with E-state index in [0.717, 1.165) is 6.54 Å². The highest BCUT2D eigenvalue weighted by Crippen LogP contribution is 2.26. The largest absolute Gasteiger partial charge is 0.473 e. The molecule has 0 saturated heterocycles. The second-order valence-electron chi connectivity index (χ2n) is 5.30. The van der Waals surface area contributed by atoms with E-state index < -0.39 is 0 Å². The van der Waals surface area contributed by atoms with Crippen LogP contribution in [-0.2, 0) is 0 Å². The van der Waals surface area contributed by atoms with Crippen LogP contribution in [0.2, 0.25) is 0 Å². The summed E-state index contributed by atoms with van der Waals surface area (Å²) in [5.41, 5.74) is 7.77. The van der Waals surface area contributed by atoms with Crippen molar-refractivity contribution in [2.45, 2.75) is 32.8 Å². The minimum atomic E-state index is 0.0262. The number of nitrogens with zero attached hydrogens (tertiary/aromatic N) is 2. The molecule has 0 saturated carbocycles. The molecule has 1 aromatic carbocycles. The minimum Gasteiger partial charge on any atom is -0.473 e. The van der Waals surface area contributed by atoms with Crippen molar-refractivity contribution in [1.29, 1.82) is 0 Å². The number of benzene rings is 1. The van der Waals surface area contributed by atoms with E-state index in [9.17, 15) is 0 Å². The van der Waals surface area contributed by atoms with E-state index in [4.69, 9.17) is 10.5 Å². The first-order chi connectivity index (χ1) is 10.1. The number of anilines is 2. The fourth-order valence-electron chi connectivity index (χ4n) is 1.99. The van der Waals surface area contributed by atoms with Crippen molar-refractivity contribution in [2.75, 3.05) is 17.6 Å². The van der Waals surface area contributed by atoms with Crippen molar-refractivity contribution >= 4 is 11.5 Å². The number of nitrogen functional groups attached to an aromatic ring is 1. The summed E-state index contributed by atoms with van der Waals surface area (Å²) in [5.74, 6) is 1.40. The van der Waals surface area contributed by atoms with Gasteiger partial charge in [0.05, 0.1) is 6.10 Å². The van der Waals surface area contributed by atoms with Crippen LogP contribution in [0.4, 0.5) is 11.5 Å². The fraction of sp³-hybridized carbons (Fsp3) is 0.375. The van der Waals surface area contributed by atoms with Crippen LogP contribution in [0.1, 0.15) is 32.3 Å². The van der Waals surface area contributed by atoms with Gasteiger partial charge in [-0.3, -0.25) is 0 Å². The first-order valence-electron chi connectivity index (χ1n) is 7.14. The number of aromatic nitrogens is 2. The third-order valence-electron chi connectivity index (χ3n) is 3.14. The van der Waals surface area contributed by atoms with Gasteiger partial charge in [-0.25, -0.2) is 4.98 Å². The van der Waals surface area contributed by atoms with Crippen LogP contribution in [0, 0.1) is 0 Å². The molecule has 5 heteroatoms. The molecule has 1 unspecified atom stereocenters. The number of ether oxygens (including phenoxy) is 1. The van der Waals surface area contributed by atoms with E-state index in [0.29, 0.717) is 23.3 Å². The minimum absolute atomic E-state index is 0.0262. The SMILES string of the molecule is CC(C)Oc1ncnc(NCC(C)c2ccccc2)c1N. The summed E-state index contributed by atoms with van der Waals surface area (Å²) in [6, 6.07) is 10.3. The van der Waals surface area contributed by atoms with E-state index >= 15 is 0 Å². The Balaban J connectivity index is 2.03. The molecule has 0 fully saturated rings. The zero-order chi connectivity index (χ0) is 15.2. The topological polar surface area (TPSA) is 73.1 Å². The molecule has 0 aliphatic heterocycles. The number of rotatable bonds is 6. The Kier molecular flexibility index (Phi) is 4.98. The molecule has 1 atom stereocenters. The lowest BCUT2D eigenvalue weighted by Gasteiger charge is -2.16. The third-order valence-corrected chi connectivity index (χ3v) is 3.14. The van der Waals surface area contributed by atoms with Gasteiger partial charge >= 0.3 is 0 Å². The van der Waals surface area contributed by atoms with E-state index in [1.807, 2.05) is 32.0 Å². The zero-order valence-corrected chi connectivity index (χ0v) is 12.7. The van der Waals surface area contributed by atoms with Gasteiger partial charge in [-0.05, 0) is 25.3 Å². The third kappa shape index (κ3) is 4.08. The zero-order valence-electron chi connectivity index (χ0n) is 12.7. The molecule has 0 radical (unpaired) electrons. The Morgan fingerprint density at radius 2 is 1.86 bits per heavy atom. The Labute approximate surface area is 125 Å². The number of hydrogen-bond acceptors (Lipinski definition) is 5. The second kappa shape index (κ2) is 6.92. The lowest BCUT2D eigenvalue weighted by atomic mass is 10.0. The summed E-state index contributed by atoms with van der Waals surface area (Å²) in [6.45, 7) is 6.77. The quantitative estimate of drug-likeness (QED) is 0.853. The Bertz CT molecular complexity index is 572. The van der Waals surface area contributed by atoms with Crippen molar-refractivity contribution in [3.05, 3.63) is 42.2 Å². The highest BCUT2D eigenvalue weighted by Gasteiger charge is 2.12. The van der Waals surface area contributed by atoms with Crippen LogP contribution in [0.25, 0.3) is 0 Å². The van der Waals surface area contributed by atoms with E-state index in [-0.39, 0.29) is 6.10 Å². The molecular weight excluding hydrogens is 264 g/mol. The molecule has 2 rings (SSSR count).